The van der Waals surface area contributed by atoms with Crippen LogP contribution in [0.2, 0.25) is 0 Å². The van der Waals surface area contributed by atoms with Gasteiger partial charge in [0.05, 0.1) is 41.8 Å². The number of carbonyl (C=O) groups excluding carboxylic acids is 6. The molecule has 4 fully saturated rings. The fourth-order valence-corrected chi connectivity index (χ4v) is 10.5. The number of ether oxygens (including phenoxy) is 5. The highest BCUT2D eigenvalue weighted by molar-refractivity contribution is 5.99. The molecule has 5 aliphatic rings. The van der Waals surface area contributed by atoms with Crippen molar-refractivity contribution in [2.45, 2.75) is 143 Å². The molecule has 2 aromatic rings. The van der Waals surface area contributed by atoms with E-state index in [1.54, 1.807) is 112 Å². The molecular formula is C46H59NO14. The van der Waals surface area contributed by atoms with Crippen molar-refractivity contribution in [1.82, 2.24) is 4.90 Å². The van der Waals surface area contributed by atoms with Crippen LogP contribution in [-0.2, 0) is 42.9 Å². The molecule has 1 unspecified atom stereocenters. The molecule has 0 radical (unpaired) electrons. The number of hydrogen-bond acceptors (Lipinski definition) is 14. The molecule has 2 saturated heterocycles. The zero-order chi connectivity index (χ0) is 45.2. The Hall–Kier alpha value is -4.86. The van der Waals surface area contributed by atoms with Gasteiger partial charge >= 0.3 is 24.0 Å². The molecule has 3 aliphatic carbocycles. The lowest BCUT2D eigenvalue weighted by molar-refractivity contribution is -0.346. The number of likely N-dealkylation sites (tertiary alicyclic amines) is 1. The summed E-state index contributed by atoms with van der Waals surface area (Å²) in [5, 5.41) is 24.3. The van der Waals surface area contributed by atoms with Crippen LogP contribution in [-0.4, -0.2) is 98.6 Å². The van der Waals surface area contributed by atoms with Gasteiger partial charge in [-0.2, -0.15) is 0 Å². The van der Waals surface area contributed by atoms with Gasteiger partial charge in [-0.3, -0.25) is 19.2 Å². The lowest BCUT2D eigenvalue weighted by atomic mass is 9.43. The first-order valence-electron chi connectivity index (χ1n) is 20.9. The Bertz CT molecular complexity index is 2090. The highest BCUT2D eigenvalue weighted by Gasteiger charge is 2.78. The third-order valence-corrected chi connectivity index (χ3v) is 13.6. The fourth-order valence-electron chi connectivity index (χ4n) is 10.5. The monoisotopic (exact) mass is 849 g/mol. The van der Waals surface area contributed by atoms with E-state index in [0.717, 1.165) is 4.90 Å². The number of fused-ring (bicyclic) bond motifs is 5. The summed E-state index contributed by atoms with van der Waals surface area (Å²) >= 11 is 0. The molecule has 2 aliphatic heterocycles. The molecule has 2 amide bonds. The smallest absolute Gasteiger partial charge is 0.417 e. The van der Waals surface area contributed by atoms with Crippen molar-refractivity contribution in [2.75, 3.05) is 6.61 Å². The standard InChI is InChI=1S/C33H42O10.C13H17NO4/c1-8-24(36)41-22-14-23-32(16-40-23,43-19(4)34)26-28(42-29(38)20-12-10-9-11-13-20)33(39)15-21(35)17(2)25(30(33,5)6)18(3)27(37)31(22,26)7;1-8-10(9-6-5-7-17-9)14(11(8)15)12(16)18-13(2,3)4/h9-13,18,21-23,26,28,35,39H,8,14-16H2,1-7H3;5-8,10H,1-4H3/t18-,21+,22+,23-,26?,28+,31-,32+,33-;8-,10-/m11/s1. The molecule has 2 bridgehead atoms. The van der Waals surface area contributed by atoms with Crippen molar-refractivity contribution in [3.63, 3.8) is 0 Å². The molecule has 15 heteroatoms. The maximum atomic E-state index is 15.0. The van der Waals surface area contributed by atoms with Crippen molar-refractivity contribution in [2.24, 2.45) is 28.6 Å². The first kappa shape index (κ1) is 45.7. The third-order valence-electron chi connectivity index (χ3n) is 13.6. The molecule has 1 aromatic heterocycles. The molecule has 15 nitrogen and oxygen atoms in total. The van der Waals surface area contributed by atoms with E-state index in [1.165, 1.54) is 13.2 Å². The van der Waals surface area contributed by atoms with E-state index >= 15 is 0 Å². The number of nitrogens with zero attached hydrogens (tertiary/aromatic N) is 1. The van der Waals surface area contributed by atoms with E-state index in [9.17, 15) is 39.0 Å². The topological polar surface area (TPSA) is 205 Å². The van der Waals surface area contributed by atoms with Gasteiger partial charge in [0, 0.05) is 37.5 Å². The van der Waals surface area contributed by atoms with Crippen molar-refractivity contribution in [1.29, 1.82) is 0 Å². The van der Waals surface area contributed by atoms with Crippen LogP contribution in [0.5, 0.6) is 0 Å². The number of imide groups is 1. The van der Waals surface area contributed by atoms with Gasteiger partial charge < -0.3 is 38.3 Å². The van der Waals surface area contributed by atoms with Crippen LogP contribution in [0.4, 0.5) is 4.79 Å². The van der Waals surface area contributed by atoms with Gasteiger partial charge in [-0.05, 0) is 70.0 Å². The number of ketones is 1. The average molecular weight is 850 g/mol. The first-order chi connectivity index (χ1) is 28.4. The summed E-state index contributed by atoms with van der Waals surface area (Å²) in [5.41, 5.74) is -5.53. The predicted molar refractivity (Wildman–Crippen MR) is 216 cm³/mol. The number of carbonyl (C=O) groups is 6. The lowest BCUT2D eigenvalue weighted by Crippen LogP contribution is -2.81. The molecule has 2 saturated carbocycles. The van der Waals surface area contributed by atoms with Crippen LogP contribution in [0.3, 0.4) is 0 Å². The van der Waals surface area contributed by atoms with Gasteiger partial charge in [-0.15, -0.1) is 0 Å². The number of β-lactam (4-membered cyclic amide) rings is 1. The Morgan fingerprint density at radius 3 is 2.18 bits per heavy atom. The number of aliphatic hydroxyl groups is 2. The van der Waals surface area contributed by atoms with Gasteiger partial charge in [0.25, 0.3) is 0 Å². The van der Waals surface area contributed by atoms with Crippen molar-refractivity contribution in [3.05, 3.63) is 71.2 Å². The van der Waals surface area contributed by atoms with E-state index in [0.29, 0.717) is 16.9 Å². The number of aliphatic hydroxyl groups excluding tert-OH is 1. The maximum Gasteiger partial charge on any atom is 0.417 e. The largest absolute Gasteiger partial charge is 0.467 e. The molecular weight excluding hydrogens is 790 g/mol. The summed E-state index contributed by atoms with van der Waals surface area (Å²) in [4.78, 5) is 79.1. The van der Waals surface area contributed by atoms with E-state index < -0.39 is 87.9 Å². The molecule has 0 spiro atoms. The SMILES string of the molecule is CCC(=O)O[C@H]1C[C@H]2OC[C@@]2(OC(C)=O)C2[C@H](OC(=O)c3ccccc3)[C@]3(O)C[C@H](O)C(C)=C([C@@H](C)C(=O)[C@@]21C)C3(C)C.C[C@H]1C(=O)N(C(=O)OC(C)(C)C)[C@H]1c1ccco1. The summed E-state index contributed by atoms with van der Waals surface area (Å²) in [7, 11) is 0. The number of furan rings is 1. The predicted octanol–water partition coefficient (Wildman–Crippen LogP) is 6.05. The Morgan fingerprint density at radius 2 is 1.64 bits per heavy atom. The molecule has 7 rings (SSSR count). The van der Waals surface area contributed by atoms with Crippen molar-refractivity contribution >= 4 is 35.7 Å². The summed E-state index contributed by atoms with van der Waals surface area (Å²) in [6.45, 7) is 18.5. The molecule has 61 heavy (non-hydrogen) atoms. The minimum atomic E-state index is -1.95. The number of Topliss-reactive ketones (excluding diaryl/α,β-unsaturated/α-hetero) is 1. The minimum absolute atomic E-state index is 0.0570. The van der Waals surface area contributed by atoms with Crippen LogP contribution < -0.4 is 0 Å². The number of rotatable bonds is 6. The molecule has 11 atom stereocenters. The quantitative estimate of drug-likeness (QED) is 0.147. The lowest BCUT2D eigenvalue weighted by Gasteiger charge is -2.67. The van der Waals surface area contributed by atoms with Crippen molar-refractivity contribution in [3.8, 4) is 0 Å². The number of hydrogen-bond donors (Lipinski definition) is 2. The maximum absolute atomic E-state index is 15.0. The zero-order valence-electron chi connectivity index (χ0n) is 36.8. The van der Waals surface area contributed by atoms with Gasteiger partial charge in [0.15, 0.2) is 5.60 Å². The van der Waals surface area contributed by atoms with Gasteiger partial charge in [-0.25, -0.2) is 14.5 Å². The van der Waals surface area contributed by atoms with E-state index in [2.05, 4.69) is 0 Å². The summed E-state index contributed by atoms with van der Waals surface area (Å²) in [6, 6.07) is 11.4. The van der Waals surface area contributed by atoms with E-state index in [-0.39, 0.29) is 55.1 Å². The Labute approximate surface area is 356 Å². The van der Waals surface area contributed by atoms with E-state index in [4.69, 9.17) is 28.1 Å². The van der Waals surface area contributed by atoms with Crippen LogP contribution in [0.1, 0.15) is 118 Å². The van der Waals surface area contributed by atoms with Crippen LogP contribution >= 0.6 is 0 Å². The minimum Gasteiger partial charge on any atom is -0.467 e. The summed E-state index contributed by atoms with van der Waals surface area (Å²) in [6.07, 6.45) is -3.66. The Balaban J connectivity index is 0.000000288. The average Bonchev–Trinajstić information content (AvgIpc) is 3.71. The second kappa shape index (κ2) is 16.1. The van der Waals surface area contributed by atoms with E-state index in [1.807, 2.05) is 0 Å². The normalized spacial score (nSPS) is 35.0. The second-order valence-corrected chi connectivity index (χ2v) is 18.8. The van der Waals surface area contributed by atoms with Gasteiger partial charge in [0.1, 0.15) is 47.1 Å². The Morgan fingerprint density at radius 1 is 0.984 bits per heavy atom. The third kappa shape index (κ3) is 7.49. The molecule has 2 N–H and O–H groups in total. The fraction of sp³-hybridized carbons (Fsp3) is 0.609. The highest BCUT2D eigenvalue weighted by atomic mass is 16.6. The summed E-state index contributed by atoms with van der Waals surface area (Å²) < 4.78 is 34.7. The molecule has 1 aromatic carbocycles. The van der Waals surface area contributed by atoms with Crippen LogP contribution in [0.25, 0.3) is 0 Å². The van der Waals surface area contributed by atoms with Gasteiger partial charge in [-0.1, -0.05) is 52.8 Å². The Kier molecular flexibility index (Phi) is 12.1. The van der Waals surface area contributed by atoms with Crippen LogP contribution in [0, 0.1) is 28.6 Å². The van der Waals surface area contributed by atoms with Crippen molar-refractivity contribution < 1.29 is 67.1 Å². The van der Waals surface area contributed by atoms with Crippen LogP contribution in [0.15, 0.2) is 64.3 Å². The number of amides is 2. The first-order valence-corrected chi connectivity index (χ1v) is 20.9. The summed E-state index contributed by atoms with van der Waals surface area (Å²) in [5.74, 6) is -4.18. The number of esters is 3. The molecule has 3 heterocycles. The molecule has 332 valence electrons. The second-order valence-electron chi connectivity index (χ2n) is 18.8. The number of benzene rings is 1. The van der Waals surface area contributed by atoms with Gasteiger partial charge in [0.2, 0.25) is 5.91 Å². The highest BCUT2D eigenvalue weighted by Crippen LogP contribution is 2.65. The zero-order valence-corrected chi connectivity index (χ0v) is 36.8.